The Balaban J connectivity index is 1.62. The molecule has 2 aliphatic rings. The Bertz CT molecular complexity index is 592. The van der Waals surface area contributed by atoms with Crippen LogP contribution in [0.1, 0.15) is 0 Å². The quantitative estimate of drug-likeness (QED) is 0.763. The molecule has 9 nitrogen and oxygen atoms in total. The number of anilines is 2. The van der Waals surface area contributed by atoms with E-state index in [1.54, 1.807) is 22.7 Å². The normalized spacial score (nSPS) is 18.8. The van der Waals surface area contributed by atoms with E-state index in [9.17, 15) is 9.59 Å². The van der Waals surface area contributed by atoms with Crippen LogP contribution in [-0.4, -0.2) is 84.9 Å². The van der Waals surface area contributed by atoms with Crippen LogP contribution in [0.3, 0.4) is 0 Å². The average Bonchev–Trinajstić information content (AvgIpc) is 3.09. The van der Waals surface area contributed by atoms with Gasteiger partial charge in [0.1, 0.15) is 5.82 Å². The number of fused-ring (bicyclic) bond motifs is 1. The first-order chi connectivity index (χ1) is 11.1. The van der Waals surface area contributed by atoms with Crippen LogP contribution in [0, 0.1) is 0 Å². The van der Waals surface area contributed by atoms with Crippen molar-refractivity contribution >= 4 is 23.6 Å². The number of hydrogen-bond acceptors (Lipinski definition) is 5. The van der Waals surface area contributed by atoms with Crippen molar-refractivity contribution in [1.82, 2.24) is 24.9 Å². The molecule has 3 rings (SSSR count). The van der Waals surface area contributed by atoms with E-state index in [1.165, 1.54) is 0 Å². The van der Waals surface area contributed by atoms with Gasteiger partial charge in [-0.2, -0.15) is 5.10 Å². The summed E-state index contributed by atoms with van der Waals surface area (Å²) in [5.41, 5.74) is 0. The van der Waals surface area contributed by atoms with Crippen LogP contribution in [0.15, 0.2) is 6.07 Å². The molecular formula is C14H23N7O2. The SMILES string of the molecule is CNC(=O)Nc1cc2n(n1)CCN2C(=O)CN1CCN(C)CC1. The van der Waals surface area contributed by atoms with Crippen molar-refractivity contribution in [1.29, 1.82) is 0 Å². The summed E-state index contributed by atoms with van der Waals surface area (Å²) in [6.45, 7) is 5.53. The summed E-state index contributed by atoms with van der Waals surface area (Å²) in [6.07, 6.45) is 0. The van der Waals surface area contributed by atoms with Gasteiger partial charge in [-0.15, -0.1) is 0 Å². The van der Waals surface area contributed by atoms with Crippen molar-refractivity contribution in [3.05, 3.63) is 6.07 Å². The molecule has 3 heterocycles. The van der Waals surface area contributed by atoms with E-state index in [-0.39, 0.29) is 11.9 Å². The number of hydrogen-bond donors (Lipinski definition) is 2. The fraction of sp³-hybridized carbons (Fsp3) is 0.643. The number of likely N-dealkylation sites (N-methyl/N-ethyl adjacent to an activating group) is 1. The van der Waals surface area contributed by atoms with E-state index < -0.39 is 0 Å². The Labute approximate surface area is 135 Å². The first kappa shape index (κ1) is 15.8. The maximum Gasteiger partial charge on any atom is 0.320 e. The van der Waals surface area contributed by atoms with Crippen molar-refractivity contribution in [3.8, 4) is 0 Å². The number of aromatic nitrogens is 2. The van der Waals surface area contributed by atoms with Gasteiger partial charge < -0.3 is 10.2 Å². The van der Waals surface area contributed by atoms with Crippen molar-refractivity contribution in [3.63, 3.8) is 0 Å². The van der Waals surface area contributed by atoms with Gasteiger partial charge in [-0.3, -0.25) is 19.9 Å². The number of piperazine rings is 1. The first-order valence-electron chi connectivity index (χ1n) is 7.84. The molecule has 0 spiro atoms. The molecule has 23 heavy (non-hydrogen) atoms. The monoisotopic (exact) mass is 321 g/mol. The molecule has 2 aliphatic heterocycles. The molecule has 1 fully saturated rings. The third-order valence-corrected chi connectivity index (χ3v) is 4.30. The fourth-order valence-electron chi connectivity index (χ4n) is 2.87. The summed E-state index contributed by atoms with van der Waals surface area (Å²) in [7, 11) is 3.64. The Morgan fingerprint density at radius 1 is 1.17 bits per heavy atom. The van der Waals surface area contributed by atoms with Crippen LogP contribution in [0.2, 0.25) is 0 Å². The van der Waals surface area contributed by atoms with Gasteiger partial charge >= 0.3 is 6.03 Å². The molecule has 0 radical (unpaired) electrons. The fourth-order valence-corrected chi connectivity index (χ4v) is 2.87. The highest BCUT2D eigenvalue weighted by Crippen LogP contribution is 2.25. The number of amides is 3. The van der Waals surface area contributed by atoms with Gasteiger partial charge in [0.05, 0.1) is 13.1 Å². The van der Waals surface area contributed by atoms with Gasteiger partial charge in [-0.05, 0) is 7.05 Å². The van der Waals surface area contributed by atoms with Crippen LogP contribution >= 0.6 is 0 Å². The van der Waals surface area contributed by atoms with Crippen molar-refractivity contribution in [2.45, 2.75) is 6.54 Å². The summed E-state index contributed by atoms with van der Waals surface area (Å²) >= 11 is 0. The van der Waals surface area contributed by atoms with Crippen molar-refractivity contribution < 1.29 is 9.59 Å². The van der Waals surface area contributed by atoms with Crippen molar-refractivity contribution in [2.75, 3.05) is 63.6 Å². The molecular weight excluding hydrogens is 298 g/mol. The lowest BCUT2D eigenvalue weighted by Crippen LogP contribution is -2.48. The molecule has 1 saturated heterocycles. The van der Waals surface area contributed by atoms with Gasteiger partial charge in [-0.25, -0.2) is 9.48 Å². The Morgan fingerprint density at radius 2 is 1.91 bits per heavy atom. The third kappa shape index (κ3) is 3.45. The minimum atomic E-state index is -0.322. The van der Waals surface area contributed by atoms with Crippen LogP contribution in [0.4, 0.5) is 16.4 Å². The summed E-state index contributed by atoms with van der Waals surface area (Å²) in [6, 6.07) is 1.42. The summed E-state index contributed by atoms with van der Waals surface area (Å²) in [5.74, 6) is 1.28. The topological polar surface area (TPSA) is 85.7 Å². The summed E-state index contributed by atoms with van der Waals surface area (Å²) < 4.78 is 1.76. The van der Waals surface area contributed by atoms with E-state index in [1.807, 2.05) is 0 Å². The predicted molar refractivity (Wildman–Crippen MR) is 86.6 cm³/mol. The third-order valence-electron chi connectivity index (χ3n) is 4.30. The molecule has 0 aromatic carbocycles. The molecule has 0 saturated carbocycles. The van der Waals surface area contributed by atoms with Gasteiger partial charge in [-0.1, -0.05) is 0 Å². The molecule has 1 aromatic rings. The molecule has 3 amide bonds. The van der Waals surface area contributed by atoms with E-state index in [0.29, 0.717) is 25.5 Å². The highest BCUT2D eigenvalue weighted by Gasteiger charge is 2.28. The first-order valence-corrected chi connectivity index (χ1v) is 7.84. The smallest absolute Gasteiger partial charge is 0.320 e. The largest absolute Gasteiger partial charge is 0.341 e. The molecule has 126 valence electrons. The Kier molecular flexibility index (Phi) is 4.49. The number of nitrogens with zero attached hydrogens (tertiary/aromatic N) is 5. The summed E-state index contributed by atoms with van der Waals surface area (Å²) in [5, 5.41) is 9.41. The van der Waals surface area contributed by atoms with E-state index in [4.69, 9.17) is 0 Å². The van der Waals surface area contributed by atoms with Gasteiger partial charge in [0.2, 0.25) is 5.91 Å². The minimum absolute atomic E-state index is 0.0831. The van der Waals surface area contributed by atoms with Crippen molar-refractivity contribution in [2.24, 2.45) is 0 Å². The van der Waals surface area contributed by atoms with Crippen LogP contribution < -0.4 is 15.5 Å². The number of carbonyl (C=O) groups is 2. The van der Waals surface area contributed by atoms with E-state index in [0.717, 1.165) is 32.0 Å². The zero-order valence-electron chi connectivity index (χ0n) is 13.6. The zero-order valence-corrected chi connectivity index (χ0v) is 13.6. The molecule has 0 unspecified atom stereocenters. The number of nitrogens with one attached hydrogen (secondary N) is 2. The summed E-state index contributed by atoms with van der Waals surface area (Å²) in [4.78, 5) is 30.1. The lowest BCUT2D eigenvalue weighted by molar-refractivity contribution is -0.120. The minimum Gasteiger partial charge on any atom is -0.341 e. The van der Waals surface area contributed by atoms with Crippen LogP contribution in [-0.2, 0) is 11.3 Å². The maximum absolute atomic E-state index is 12.6. The van der Waals surface area contributed by atoms with Gasteiger partial charge in [0, 0.05) is 45.8 Å². The average molecular weight is 321 g/mol. The second-order valence-electron chi connectivity index (χ2n) is 5.94. The lowest BCUT2D eigenvalue weighted by Gasteiger charge is -2.32. The van der Waals surface area contributed by atoms with Gasteiger partial charge in [0.15, 0.2) is 5.82 Å². The van der Waals surface area contributed by atoms with Gasteiger partial charge in [0.25, 0.3) is 0 Å². The second kappa shape index (κ2) is 6.55. The lowest BCUT2D eigenvalue weighted by atomic mass is 10.3. The highest BCUT2D eigenvalue weighted by molar-refractivity contribution is 5.96. The second-order valence-corrected chi connectivity index (χ2v) is 5.94. The maximum atomic E-state index is 12.6. The zero-order chi connectivity index (χ0) is 16.4. The number of carbonyl (C=O) groups excluding carboxylic acids is 2. The molecule has 2 N–H and O–H groups in total. The molecule has 1 aromatic heterocycles. The number of rotatable bonds is 3. The Hall–Kier alpha value is -2.13. The Morgan fingerprint density at radius 3 is 2.61 bits per heavy atom. The predicted octanol–water partition coefficient (Wildman–Crippen LogP) is -0.772. The molecule has 0 atom stereocenters. The van der Waals surface area contributed by atoms with Crippen LogP contribution in [0.25, 0.3) is 0 Å². The van der Waals surface area contributed by atoms with Crippen LogP contribution in [0.5, 0.6) is 0 Å². The van der Waals surface area contributed by atoms with E-state index >= 15 is 0 Å². The van der Waals surface area contributed by atoms with E-state index in [2.05, 4.69) is 32.6 Å². The molecule has 0 aliphatic carbocycles. The number of urea groups is 1. The molecule has 9 heteroatoms. The standard InChI is InChI=1S/C14H23N7O2/c1-15-14(23)16-11-9-12-20(7-8-21(12)17-11)13(22)10-19-5-3-18(2)4-6-19/h9H,3-8,10H2,1-2H3,(H2,15,16,17,23). The molecule has 0 bridgehead atoms. The highest BCUT2D eigenvalue weighted by atomic mass is 16.2.